The summed E-state index contributed by atoms with van der Waals surface area (Å²) in [5, 5.41) is 34.8. The molecule has 19 heteroatoms. The quantitative estimate of drug-likeness (QED) is 0.159. The maximum Gasteiger partial charge on any atom is 1.00 e. The van der Waals surface area contributed by atoms with Crippen molar-refractivity contribution in [2.24, 2.45) is 0 Å². The zero-order valence-corrected chi connectivity index (χ0v) is 38.4. The van der Waals surface area contributed by atoms with Crippen LogP contribution in [-0.2, 0) is 14.3 Å². The summed E-state index contributed by atoms with van der Waals surface area (Å²) in [5.74, 6) is -4.11. The van der Waals surface area contributed by atoms with E-state index >= 15 is 0 Å². The molecule has 2 saturated carbocycles. The number of benzene rings is 4. The molecule has 2 spiro atoms. The topological polar surface area (TPSA) is 209 Å². The molecule has 8 rings (SSSR count). The van der Waals surface area contributed by atoms with Crippen molar-refractivity contribution in [2.45, 2.75) is 63.5 Å². The molecule has 0 radical (unpaired) electrons. The second kappa shape index (κ2) is 19.8. The number of nitrogens with zero attached hydrogens (tertiary/aromatic N) is 6. The van der Waals surface area contributed by atoms with Gasteiger partial charge in [-0.1, -0.05) is 0 Å². The number of aryl methyl sites for hydroxylation is 2. The average Bonchev–Trinajstić information content (AvgIpc) is 3.60. The summed E-state index contributed by atoms with van der Waals surface area (Å²) in [6.07, 6.45) is 4.02. The fourth-order valence-corrected chi connectivity index (χ4v) is 8.91. The monoisotopic (exact) mass is 904 g/mol. The number of aliphatic hydroxyl groups is 1. The molecule has 2 aliphatic heterocycles. The molecule has 63 heavy (non-hydrogen) atoms. The van der Waals surface area contributed by atoms with Crippen LogP contribution >= 0.6 is 24.4 Å². The number of thiocarbonyl (C=S) groups is 2. The van der Waals surface area contributed by atoms with Crippen LogP contribution in [0.2, 0.25) is 0 Å². The van der Waals surface area contributed by atoms with Crippen LogP contribution in [0.15, 0.2) is 72.8 Å². The predicted molar refractivity (Wildman–Crippen MR) is 231 cm³/mol. The first-order valence-electron chi connectivity index (χ1n) is 18.9. The Hall–Kier alpha value is -5.70. The molecule has 0 aromatic heterocycles. The summed E-state index contributed by atoms with van der Waals surface area (Å²) in [5.41, 5.74) is 1.99. The second-order valence-electron chi connectivity index (χ2n) is 14.6. The zero-order chi connectivity index (χ0) is 44.6. The van der Waals surface area contributed by atoms with Crippen molar-refractivity contribution < 1.29 is 77.9 Å². The van der Waals surface area contributed by atoms with Crippen molar-refractivity contribution >= 4 is 81.2 Å². The summed E-state index contributed by atoms with van der Waals surface area (Å²) in [6, 6.07) is 22.2. The first kappa shape index (κ1) is 50.0. The van der Waals surface area contributed by atoms with E-state index in [9.17, 15) is 33.2 Å². The number of nitriles is 2. The van der Waals surface area contributed by atoms with Gasteiger partial charge in [-0.25, -0.2) is 18.4 Å². The molecule has 0 unspecified atom stereocenters. The number of ether oxygens (including phenoxy) is 1. The molecule has 0 bridgehead atoms. The molecule has 2 aliphatic carbocycles. The maximum absolute atomic E-state index is 14.6. The van der Waals surface area contributed by atoms with Gasteiger partial charge in [0.05, 0.1) is 52.9 Å². The van der Waals surface area contributed by atoms with E-state index in [-0.39, 0.29) is 62.6 Å². The molecule has 4 fully saturated rings. The first-order chi connectivity index (χ1) is 29.1. The van der Waals surface area contributed by atoms with Crippen LogP contribution in [0, 0.1) is 48.1 Å². The largest absolute Gasteiger partial charge is 1.00 e. The Balaban J connectivity index is 0.000000258. The van der Waals surface area contributed by atoms with Crippen LogP contribution in [0.1, 0.15) is 81.5 Å². The molecule has 4 aromatic carbocycles. The summed E-state index contributed by atoms with van der Waals surface area (Å²) < 4.78 is 33.5. The minimum Gasteiger partial charge on any atom is -0.870 e. The van der Waals surface area contributed by atoms with Gasteiger partial charge in [0.2, 0.25) is 0 Å². The Morgan fingerprint density at radius 1 is 0.683 bits per heavy atom. The number of carbonyl (C=O) groups excluding carboxylic acids is 3. The smallest absolute Gasteiger partial charge is 0.870 e. The van der Waals surface area contributed by atoms with E-state index in [0.717, 1.165) is 37.1 Å². The Bertz CT molecular complexity index is 2630. The van der Waals surface area contributed by atoms with Crippen molar-refractivity contribution in [1.29, 1.82) is 10.5 Å². The number of esters is 1. The normalized spacial score (nSPS) is 16.3. The molecule has 4 aromatic rings. The standard InChI is InChI=1S/C22H18FN3O3S.C21H16FN3O3S.CH4O.Na.H2O/c1-13-10-15(5-4-14(13)12-24)25-20(28)22(8-3-9-22)26(21(25)30)16-6-7-17(18(23)11-16)19(27)29-2;1-12-9-14(4-3-13(12)11-23)24-19(28)21(7-2-8-21)25(20(24)29)15-5-6-16(18(26)27)17(22)10-15;1-2;;/h4-7,10-11H,3,8-9H2,1-2H3;3-6,9-10H,2,7-8H2,1H3,(H,26,27);2H,1H3;;1H2/q;;;+1;/p-1. The summed E-state index contributed by atoms with van der Waals surface area (Å²) in [7, 11) is 2.19. The van der Waals surface area contributed by atoms with Gasteiger partial charge < -0.3 is 30.2 Å². The maximum atomic E-state index is 14.6. The van der Waals surface area contributed by atoms with Gasteiger partial charge in [0, 0.05) is 18.5 Å². The number of rotatable bonds is 6. The van der Waals surface area contributed by atoms with Gasteiger partial charge in [-0.15, -0.1) is 0 Å². The molecular weight excluding hydrogens is 866 g/mol. The van der Waals surface area contributed by atoms with Crippen molar-refractivity contribution in [3.63, 3.8) is 0 Å². The van der Waals surface area contributed by atoms with E-state index in [1.165, 1.54) is 41.2 Å². The van der Waals surface area contributed by atoms with Gasteiger partial charge in [0.25, 0.3) is 11.8 Å². The Kier molecular flexibility index (Phi) is 15.7. The second-order valence-corrected chi connectivity index (χ2v) is 15.4. The third kappa shape index (κ3) is 8.43. The Morgan fingerprint density at radius 3 is 1.33 bits per heavy atom. The minimum absolute atomic E-state index is 0. The van der Waals surface area contributed by atoms with E-state index in [0.29, 0.717) is 59.6 Å². The molecule has 4 aliphatic rings. The predicted octanol–water partition coefficient (Wildman–Crippen LogP) is 4.05. The molecule has 0 atom stereocenters. The van der Waals surface area contributed by atoms with Gasteiger partial charge in [0.15, 0.2) is 10.2 Å². The third-order valence-electron chi connectivity index (χ3n) is 11.4. The molecule has 14 nitrogen and oxygen atoms in total. The number of hydrogen-bond acceptors (Lipinski definition) is 11. The SMILES string of the molecule is CO.COC(=O)c1ccc(N2C(=S)N(c3ccc(C#N)c(C)c3)C(=O)C23CCC3)cc1F.Cc1cc(N2C(=O)C3(CCC3)N(c3ccc(C(=O)O)c(F)c3)C2=S)ccc1C#N.[Na+].[OH-]. The number of anilines is 4. The van der Waals surface area contributed by atoms with Gasteiger partial charge in [-0.05, 0) is 161 Å². The van der Waals surface area contributed by atoms with E-state index in [1.807, 2.05) is 0 Å². The number of carboxylic acid groups (broad SMARTS) is 1. The Morgan fingerprint density at radius 2 is 1.05 bits per heavy atom. The van der Waals surface area contributed by atoms with E-state index in [2.05, 4.69) is 16.9 Å². The molecule has 3 N–H and O–H groups in total. The number of aromatic carboxylic acids is 1. The van der Waals surface area contributed by atoms with Crippen molar-refractivity contribution in [1.82, 2.24) is 0 Å². The Labute approximate surface area is 394 Å². The summed E-state index contributed by atoms with van der Waals surface area (Å²) in [4.78, 5) is 55.8. The van der Waals surface area contributed by atoms with Crippen LogP contribution in [0.25, 0.3) is 0 Å². The van der Waals surface area contributed by atoms with Crippen LogP contribution < -0.4 is 49.2 Å². The summed E-state index contributed by atoms with van der Waals surface area (Å²) >= 11 is 11.3. The third-order valence-corrected chi connectivity index (χ3v) is 12.2. The van der Waals surface area contributed by atoms with Crippen LogP contribution in [0.3, 0.4) is 0 Å². The van der Waals surface area contributed by atoms with Gasteiger partial charge in [-0.3, -0.25) is 19.4 Å². The van der Waals surface area contributed by atoms with Gasteiger partial charge >= 0.3 is 41.5 Å². The van der Waals surface area contributed by atoms with Gasteiger partial charge in [0.1, 0.15) is 22.7 Å². The fraction of sp³-hybridized carbons (Fsp3) is 0.273. The minimum atomic E-state index is -1.36. The zero-order valence-electron chi connectivity index (χ0n) is 34.8. The van der Waals surface area contributed by atoms with Crippen LogP contribution in [-0.4, -0.2) is 75.0 Å². The fourth-order valence-electron chi connectivity index (χ4n) is 7.98. The number of aliphatic hydroxyl groups excluding tert-OH is 1. The van der Waals surface area contributed by atoms with Crippen molar-refractivity contribution in [3.8, 4) is 12.1 Å². The van der Waals surface area contributed by atoms with Crippen LogP contribution in [0.4, 0.5) is 31.5 Å². The molecular formula is C44H39F2N6NaO8S2. The molecule has 2 saturated heterocycles. The summed E-state index contributed by atoms with van der Waals surface area (Å²) in [6.45, 7) is 3.58. The molecule has 2 heterocycles. The average molecular weight is 905 g/mol. The number of methoxy groups -OCH3 is 1. The number of hydrogen-bond donors (Lipinski definition) is 2. The van der Waals surface area contributed by atoms with E-state index < -0.39 is 40.2 Å². The number of halogens is 2. The van der Waals surface area contributed by atoms with E-state index in [1.54, 1.807) is 66.1 Å². The van der Waals surface area contributed by atoms with Crippen LogP contribution in [0.5, 0.6) is 0 Å². The van der Waals surface area contributed by atoms with Crippen molar-refractivity contribution in [3.05, 3.63) is 118 Å². The number of carbonyl (C=O) groups is 4. The van der Waals surface area contributed by atoms with E-state index in [4.69, 9.17) is 39.9 Å². The molecule has 320 valence electrons. The number of amides is 2. The first-order valence-corrected chi connectivity index (χ1v) is 19.7. The van der Waals surface area contributed by atoms with Crippen molar-refractivity contribution in [2.75, 3.05) is 33.8 Å². The molecule has 2 amide bonds. The van der Waals surface area contributed by atoms with Gasteiger partial charge in [-0.2, -0.15) is 10.5 Å². The number of carboxylic acids is 1.